The van der Waals surface area contributed by atoms with Gasteiger partial charge in [0, 0.05) is 24.1 Å². The number of benzene rings is 1. The Kier molecular flexibility index (Phi) is 3.41. The third-order valence-corrected chi connectivity index (χ3v) is 2.65. The fourth-order valence-corrected chi connectivity index (χ4v) is 1.75. The predicted octanol–water partition coefficient (Wildman–Crippen LogP) is 2.01. The van der Waals surface area contributed by atoms with Crippen molar-refractivity contribution in [1.82, 2.24) is 0 Å². The first kappa shape index (κ1) is 11.4. The standard InChI is InChI=1S/C12H16FNO2/c1-8(14)11-3-2-9(6-12(11)13)16-10-4-5-15-7-10/h2-3,6,8,10H,4-5,7,14H2,1H3/t8-,10?/m1/s1. The topological polar surface area (TPSA) is 44.5 Å². The normalized spacial score (nSPS) is 22.1. The molecule has 88 valence electrons. The van der Waals surface area contributed by atoms with Crippen molar-refractivity contribution >= 4 is 0 Å². The van der Waals surface area contributed by atoms with E-state index in [2.05, 4.69) is 0 Å². The third-order valence-electron chi connectivity index (χ3n) is 2.65. The van der Waals surface area contributed by atoms with Crippen LogP contribution in [0.1, 0.15) is 24.9 Å². The van der Waals surface area contributed by atoms with Crippen LogP contribution in [-0.2, 0) is 4.74 Å². The van der Waals surface area contributed by atoms with Gasteiger partial charge in [-0.25, -0.2) is 4.39 Å². The molecular formula is C12H16FNO2. The van der Waals surface area contributed by atoms with Crippen LogP contribution >= 0.6 is 0 Å². The fraction of sp³-hybridized carbons (Fsp3) is 0.500. The highest BCUT2D eigenvalue weighted by Crippen LogP contribution is 2.22. The summed E-state index contributed by atoms with van der Waals surface area (Å²) in [6.07, 6.45) is 0.900. The molecule has 1 aromatic rings. The monoisotopic (exact) mass is 225 g/mol. The lowest BCUT2D eigenvalue weighted by Gasteiger charge is -2.13. The zero-order chi connectivity index (χ0) is 11.5. The van der Waals surface area contributed by atoms with E-state index in [0.29, 0.717) is 24.5 Å². The Morgan fingerprint density at radius 3 is 2.94 bits per heavy atom. The molecule has 2 N–H and O–H groups in total. The molecule has 1 saturated heterocycles. The molecule has 1 aliphatic heterocycles. The van der Waals surface area contributed by atoms with Crippen LogP contribution in [0.3, 0.4) is 0 Å². The van der Waals surface area contributed by atoms with Gasteiger partial charge in [0.25, 0.3) is 0 Å². The van der Waals surface area contributed by atoms with Gasteiger partial charge in [0.2, 0.25) is 0 Å². The SMILES string of the molecule is C[C@@H](N)c1ccc(OC2CCOC2)cc1F. The molecule has 1 aromatic carbocycles. The summed E-state index contributed by atoms with van der Waals surface area (Å²) in [4.78, 5) is 0. The van der Waals surface area contributed by atoms with Gasteiger partial charge in [-0.2, -0.15) is 0 Å². The van der Waals surface area contributed by atoms with E-state index in [0.717, 1.165) is 6.42 Å². The van der Waals surface area contributed by atoms with Gasteiger partial charge in [0.15, 0.2) is 0 Å². The Bertz CT molecular complexity index is 362. The first-order valence-corrected chi connectivity index (χ1v) is 5.46. The van der Waals surface area contributed by atoms with E-state index in [-0.39, 0.29) is 18.0 Å². The van der Waals surface area contributed by atoms with Gasteiger partial charge >= 0.3 is 0 Å². The second-order valence-electron chi connectivity index (χ2n) is 4.08. The van der Waals surface area contributed by atoms with Gasteiger partial charge < -0.3 is 15.2 Å². The Balaban J connectivity index is 2.08. The van der Waals surface area contributed by atoms with Gasteiger partial charge in [0.05, 0.1) is 13.2 Å². The van der Waals surface area contributed by atoms with Gasteiger partial charge in [0.1, 0.15) is 17.7 Å². The molecule has 0 amide bonds. The molecule has 2 rings (SSSR count). The molecule has 0 aromatic heterocycles. The summed E-state index contributed by atoms with van der Waals surface area (Å²) in [6.45, 7) is 3.05. The van der Waals surface area contributed by atoms with Crippen LogP contribution < -0.4 is 10.5 Å². The van der Waals surface area contributed by atoms with Crippen molar-refractivity contribution in [3.8, 4) is 5.75 Å². The van der Waals surface area contributed by atoms with E-state index >= 15 is 0 Å². The minimum absolute atomic E-state index is 0.0422. The minimum atomic E-state index is -0.314. The summed E-state index contributed by atoms with van der Waals surface area (Å²) in [5.74, 6) is 0.226. The van der Waals surface area contributed by atoms with Gasteiger partial charge in [-0.1, -0.05) is 6.07 Å². The maximum Gasteiger partial charge on any atom is 0.131 e. The summed E-state index contributed by atoms with van der Waals surface area (Å²) in [7, 11) is 0. The van der Waals surface area contributed by atoms with Crippen molar-refractivity contribution in [2.45, 2.75) is 25.5 Å². The Hall–Kier alpha value is -1.13. The average Bonchev–Trinajstić information content (AvgIpc) is 2.70. The molecular weight excluding hydrogens is 209 g/mol. The number of ether oxygens (including phenoxy) is 2. The third kappa shape index (κ3) is 2.51. The smallest absolute Gasteiger partial charge is 0.131 e. The average molecular weight is 225 g/mol. The lowest BCUT2D eigenvalue weighted by molar-refractivity contribution is 0.141. The van der Waals surface area contributed by atoms with Crippen LogP contribution in [0.5, 0.6) is 5.75 Å². The molecule has 0 spiro atoms. The molecule has 1 heterocycles. The first-order chi connectivity index (χ1) is 7.66. The maximum atomic E-state index is 13.6. The number of hydrogen-bond donors (Lipinski definition) is 1. The predicted molar refractivity (Wildman–Crippen MR) is 58.9 cm³/mol. The largest absolute Gasteiger partial charge is 0.488 e. The quantitative estimate of drug-likeness (QED) is 0.855. The fourth-order valence-electron chi connectivity index (χ4n) is 1.75. The van der Waals surface area contributed by atoms with E-state index in [4.69, 9.17) is 15.2 Å². The molecule has 1 unspecified atom stereocenters. The van der Waals surface area contributed by atoms with Crippen molar-refractivity contribution in [1.29, 1.82) is 0 Å². The Morgan fingerprint density at radius 1 is 1.56 bits per heavy atom. The number of hydrogen-bond acceptors (Lipinski definition) is 3. The molecule has 16 heavy (non-hydrogen) atoms. The van der Waals surface area contributed by atoms with Crippen LogP contribution in [0.2, 0.25) is 0 Å². The molecule has 0 bridgehead atoms. The molecule has 4 heteroatoms. The zero-order valence-corrected chi connectivity index (χ0v) is 9.28. The van der Waals surface area contributed by atoms with Crippen molar-refractivity contribution in [2.24, 2.45) is 5.73 Å². The van der Waals surface area contributed by atoms with Crippen molar-refractivity contribution in [2.75, 3.05) is 13.2 Å². The van der Waals surface area contributed by atoms with Crippen molar-refractivity contribution < 1.29 is 13.9 Å². The zero-order valence-electron chi connectivity index (χ0n) is 9.28. The van der Waals surface area contributed by atoms with Crippen LogP contribution in [0.4, 0.5) is 4.39 Å². The molecule has 0 saturated carbocycles. The molecule has 1 aliphatic rings. The van der Waals surface area contributed by atoms with E-state index in [1.165, 1.54) is 6.07 Å². The molecule has 1 fully saturated rings. The van der Waals surface area contributed by atoms with Gasteiger partial charge in [-0.3, -0.25) is 0 Å². The summed E-state index contributed by atoms with van der Waals surface area (Å²) in [5.41, 5.74) is 6.14. The van der Waals surface area contributed by atoms with E-state index in [9.17, 15) is 4.39 Å². The maximum absolute atomic E-state index is 13.6. The lowest BCUT2D eigenvalue weighted by atomic mass is 10.1. The number of nitrogens with two attached hydrogens (primary N) is 1. The second kappa shape index (κ2) is 4.80. The highest BCUT2D eigenvalue weighted by atomic mass is 19.1. The lowest BCUT2D eigenvalue weighted by Crippen LogP contribution is -2.16. The van der Waals surface area contributed by atoms with Crippen LogP contribution in [-0.4, -0.2) is 19.3 Å². The van der Waals surface area contributed by atoms with Gasteiger partial charge in [-0.05, 0) is 13.0 Å². The summed E-state index contributed by atoms with van der Waals surface area (Å²) in [6, 6.07) is 4.51. The number of rotatable bonds is 3. The van der Waals surface area contributed by atoms with E-state index in [1.54, 1.807) is 19.1 Å². The molecule has 2 atom stereocenters. The second-order valence-corrected chi connectivity index (χ2v) is 4.08. The summed E-state index contributed by atoms with van der Waals surface area (Å²) in [5, 5.41) is 0. The van der Waals surface area contributed by atoms with E-state index in [1.807, 2.05) is 0 Å². The summed E-state index contributed by atoms with van der Waals surface area (Å²) < 4.78 is 24.4. The minimum Gasteiger partial charge on any atom is -0.488 e. The van der Waals surface area contributed by atoms with Gasteiger partial charge in [-0.15, -0.1) is 0 Å². The molecule has 0 radical (unpaired) electrons. The first-order valence-electron chi connectivity index (χ1n) is 5.46. The van der Waals surface area contributed by atoms with Crippen LogP contribution in [0.25, 0.3) is 0 Å². The molecule has 0 aliphatic carbocycles. The summed E-state index contributed by atoms with van der Waals surface area (Å²) >= 11 is 0. The van der Waals surface area contributed by atoms with Crippen LogP contribution in [0, 0.1) is 5.82 Å². The van der Waals surface area contributed by atoms with Crippen molar-refractivity contribution in [3.63, 3.8) is 0 Å². The Morgan fingerprint density at radius 2 is 2.38 bits per heavy atom. The van der Waals surface area contributed by atoms with Crippen LogP contribution in [0.15, 0.2) is 18.2 Å². The van der Waals surface area contributed by atoms with Crippen molar-refractivity contribution in [3.05, 3.63) is 29.6 Å². The highest BCUT2D eigenvalue weighted by molar-refractivity contribution is 5.30. The highest BCUT2D eigenvalue weighted by Gasteiger charge is 2.18. The Labute approximate surface area is 94.3 Å². The number of halogens is 1. The molecule has 3 nitrogen and oxygen atoms in total. The van der Waals surface area contributed by atoms with E-state index < -0.39 is 0 Å².